The van der Waals surface area contributed by atoms with Gasteiger partial charge in [-0.2, -0.15) is 0 Å². The lowest BCUT2D eigenvalue weighted by Gasteiger charge is -2.18. The average molecular weight is 248 g/mol. The first-order valence-electron chi connectivity index (χ1n) is 5.68. The molecule has 96 valence electrons. The zero-order chi connectivity index (χ0) is 12.7. The number of carbonyl (C=O) groups is 1. The van der Waals surface area contributed by atoms with Crippen molar-refractivity contribution in [3.05, 3.63) is 0 Å². The molecule has 3 N–H and O–H groups in total. The number of nitrogens with one attached hydrogen (secondary N) is 1. The predicted octanol–water partition coefficient (Wildman–Crippen LogP) is 0.633. The third-order valence-corrected chi connectivity index (χ3v) is 3.33. The Balaban J connectivity index is 3.82. The number of hydrogen-bond donors (Lipinski definition) is 2. The molecule has 0 aromatic heterocycles. The highest BCUT2D eigenvalue weighted by atomic mass is 32.2. The molecule has 3 unspecified atom stereocenters. The van der Waals surface area contributed by atoms with Crippen molar-refractivity contribution in [3.63, 3.8) is 0 Å². The minimum absolute atomic E-state index is 0.0180. The van der Waals surface area contributed by atoms with Gasteiger partial charge >= 0.3 is 0 Å². The standard InChI is InChI=1S/C11H24N2O2S/c1-8(2)10(12)7-11(14)13-9(3)5-6-16(4)15/h8-10H,5-7,12H2,1-4H3,(H,13,14). The van der Waals surface area contributed by atoms with Crippen LogP contribution in [0.25, 0.3) is 0 Å². The summed E-state index contributed by atoms with van der Waals surface area (Å²) in [5, 5.41) is 2.87. The fourth-order valence-electron chi connectivity index (χ4n) is 1.20. The van der Waals surface area contributed by atoms with Crippen molar-refractivity contribution < 1.29 is 9.00 Å². The van der Waals surface area contributed by atoms with Crippen LogP contribution in [0.4, 0.5) is 0 Å². The average Bonchev–Trinajstić information content (AvgIpc) is 2.14. The highest BCUT2D eigenvalue weighted by Crippen LogP contribution is 2.03. The molecule has 0 heterocycles. The van der Waals surface area contributed by atoms with Crippen LogP contribution in [0.3, 0.4) is 0 Å². The van der Waals surface area contributed by atoms with Crippen LogP contribution in [-0.4, -0.2) is 34.2 Å². The van der Waals surface area contributed by atoms with Gasteiger partial charge in [0, 0.05) is 41.3 Å². The lowest BCUT2D eigenvalue weighted by Crippen LogP contribution is -2.39. The van der Waals surface area contributed by atoms with Gasteiger partial charge in [0.25, 0.3) is 0 Å². The summed E-state index contributed by atoms with van der Waals surface area (Å²) in [5.41, 5.74) is 5.81. The third-order valence-electron chi connectivity index (χ3n) is 2.52. The summed E-state index contributed by atoms with van der Waals surface area (Å²) in [6, 6.07) is -0.0248. The van der Waals surface area contributed by atoms with Gasteiger partial charge in [-0.05, 0) is 19.3 Å². The van der Waals surface area contributed by atoms with Gasteiger partial charge < -0.3 is 11.1 Å². The van der Waals surface area contributed by atoms with E-state index in [0.29, 0.717) is 18.1 Å². The zero-order valence-electron chi connectivity index (χ0n) is 10.7. The van der Waals surface area contributed by atoms with Gasteiger partial charge in [0.05, 0.1) is 0 Å². The first-order chi connectivity index (χ1) is 7.32. The number of carbonyl (C=O) groups excluding carboxylic acids is 1. The van der Waals surface area contributed by atoms with Crippen LogP contribution in [0, 0.1) is 5.92 Å². The topological polar surface area (TPSA) is 72.2 Å². The van der Waals surface area contributed by atoms with Crippen molar-refractivity contribution in [2.45, 2.75) is 45.7 Å². The zero-order valence-corrected chi connectivity index (χ0v) is 11.5. The van der Waals surface area contributed by atoms with Crippen molar-refractivity contribution >= 4 is 16.7 Å². The molecule has 0 bridgehead atoms. The fraction of sp³-hybridized carbons (Fsp3) is 0.909. The van der Waals surface area contributed by atoms with Gasteiger partial charge in [-0.3, -0.25) is 9.00 Å². The molecule has 16 heavy (non-hydrogen) atoms. The van der Waals surface area contributed by atoms with Crippen molar-refractivity contribution in [1.29, 1.82) is 0 Å². The Morgan fingerprint density at radius 1 is 1.38 bits per heavy atom. The van der Waals surface area contributed by atoms with E-state index in [-0.39, 0.29) is 18.0 Å². The van der Waals surface area contributed by atoms with Crippen LogP contribution in [0.15, 0.2) is 0 Å². The summed E-state index contributed by atoms with van der Waals surface area (Å²) >= 11 is 0. The van der Waals surface area contributed by atoms with Gasteiger partial charge in [-0.15, -0.1) is 0 Å². The quantitative estimate of drug-likeness (QED) is 0.694. The Labute approximate surface area is 101 Å². The van der Waals surface area contributed by atoms with E-state index >= 15 is 0 Å². The molecule has 0 saturated carbocycles. The van der Waals surface area contributed by atoms with Crippen molar-refractivity contribution in [2.75, 3.05) is 12.0 Å². The van der Waals surface area contributed by atoms with Gasteiger partial charge in [-0.1, -0.05) is 13.8 Å². The maximum Gasteiger partial charge on any atom is 0.221 e. The second-order valence-electron chi connectivity index (χ2n) is 4.65. The van der Waals surface area contributed by atoms with E-state index in [1.807, 2.05) is 20.8 Å². The number of hydrogen-bond acceptors (Lipinski definition) is 3. The summed E-state index contributed by atoms with van der Waals surface area (Å²) in [7, 11) is -0.795. The lowest BCUT2D eigenvalue weighted by molar-refractivity contribution is -0.122. The second kappa shape index (κ2) is 7.79. The molecule has 0 aliphatic heterocycles. The van der Waals surface area contributed by atoms with E-state index < -0.39 is 10.8 Å². The van der Waals surface area contributed by atoms with Crippen LogP contribution in [0.2, 0.25) is 0 Å². The molecule has 5 heteroatoms. The first kappa shape index (κ1) is 15.6. The SMILES string of the molecule is CC(CCS(C)=O)NC(=O)CC(N)C(C)C. The van der Waals surface area contributed by atoms with Gasteiger partial charge in [0.2, 0.25) is 5.91 Å². The Kier molecular flexibility index (Phi) is 7.58. The normalized spacial score (nSPS) is 16.9. The second-order valence-corrected chi connectivity index (χ2v) is 6.20. The van der Waals surface area contributed by atoms with E-state index in [4.69, 9.17) is 5.73 Å². The molecule has 0 fully saturated rings. The predicted molar refractivity (Wildman–Crippen MR) is 68.6 cm³/mol. The van der Waals surface area contributed by atoms with Crippen LogP contribution >= 0.6 is 0 Å². The molecule has 1 amide bonds. The Morgan fingerprint density at radius 2 is 1.94 bits per heavy atom. The van der Waals surface area contributed by atoms with Crippen LogP contribution < -0.4 is 11.1 Å². The van der Waals surface area contributed by atoms with Crippen molar-refractivity contribution in [1.82, 2.24) is 5.32 Å². The number of nitrogens with two attached hydrogens (primary N) is 1. The molecule has 0 aromatic rings. The van der Waals surface area contributed by atoms with Crippen LogP contribution in [0.5, 0.6) is 0 Å². The molecule has 0 aliphatic carbocycles. The maximum atomic E-state index is 11.5. The highest BCUT2D eigenvalue weighted by molar-refractivity contribution is 7.84. The molecule has 0 aromatic carbocycles. The summed E-state index contributed by atoms with van der Waals surface area (Å²) in [6.45, 7) is 5.93. The Bertz CT molecular complexity index is 244. The largest absolute Gasteiger partial charge is 0.354 e. The molecule has 0 rings (SSSR count). The summed E-state index contributed by atoms with van der Waals surface area (Å²) < 4.78 is 10.9. The van der Waals surface area contributed by atoms with Crippen LogP contribution in [0.1, 0.15) is 33.6 Å². The van der Waals surface area contributed by atoms with Gasteiger partial charge in [-0.25, -0.2) is 0 Å². The van der Waals surface area contributed by atoms with Crippen LogP contribution in [-0.2, 0) is 15.6 Å². The number of amides is 1. The monoisotopic (exact) mass is 248 g/mol. The minimum atomic E-state index is -0.795. The number of rotatable bonds is 7. The highest BCUT2D eigenvalue weighted by Gasteiger charge is 2.14. The third kappa shape index (κ3) is 7.82. The van der Waals surface area contributed by atoms with Gasteiger partial charge in [0.1, 0.15) is 0 Å². The van der Waals surface area contributed by atoms with E-state index in [0.717, 1.165) is 6.42 Å². The summed E-state index contributed by atoms with van der Waals surface area (Å²) in [4.78, 5) is 11.5. The maximum absolute atomic E-state index is 11.5. The molecule has 3 atom stereocenters. The lowest BCUT2D eigenvalue weighted by atomic mass is 10.0. The fourth-order valence-corrected chi connectivity index (χ4v) is 1.88. The first-order valence-corrected chi connectivity index (χ1v) is 7.40. The summed E-state index contributed by atoms with van der Waals surface area (Å²) in [6.07, 6.45) is 2.77. The Hall–Kier alpha value is -0.420. The molecule has 0 spiro atoms. The molecule has 0 radical (unpaired) electrons. The van der Waals surface area contributed by atoms with Crippen molar-refractivity contribution in [2.24, 2.45) is 11.7 Å². The molecule has 4 nitrogen and oxygen atoms in total. The van der Waals surface area contributed by atoms with Gasteiger partial charge in [0.15, 0.2) is 0 Å². The van der Waals surface area contributed by atoms with E-state index in [1.54, 1.807) is 6.26 Å². The summed E-state index contributed by atoms with van der Waals surface area (Å²) in [5.74, 6) is 0.914. The van der Waals surface area contributed by atoms with Crippen molar-refractivity contribution in [3.8, 4) is 0 Å². The Morgan fingerprint density at radius 3 is 2.38 bits per heavy atom. The van der Waals surface area contributed by atoms with E-state index in [9.17, 15) is 9.00 Å². The smallest absolute Gasteiger partial charge is 0.221 e. The molecule has 0 aliphatic rings. The van der Waals surface area contributed by atoms with E-state index in [2.05, 4.69) is 5.32 Å². The molecular formula is C11H24N2O2S. The molecule has 0 saturated heterocycles. The minimum Gasteiger partial charge on any atom is -0.354 e. The molecular weight excluding hydrogens is 224 g/mol. The van der Waals surface area contributed by atoms with E-state index in [1.165, 1.54) is 0 Å².